The number of rotatable bonds is 3. The second-order valence-electron chi connectivity index (χ2n) is 7.54. The van der Waals surface area contributed by atoms with Crippen molar-refractivity contribution in [3.05, 3.63) is 114 Å². The molecule has 31 heavy (non-hydrogen) atoms. The van der Waals surface area contributed by atoms with Crippen LogP contribution < -0.4 is 4.90 Å². The lowest BCUT2D eigenvalue weighted by atomic mass is 10.0. The largest absolute Gasteiger partial charge is 0.454 e. The summed E-state index contributed by atoms with van der Waals surface area (Å²) in [6.07, 6.45) is 0. The topological polar surface area (TPSA) is 16.4 Å². The Morgan fingerprint density at radius 3 is 1.90 bits per heavy atom. The molecule has 0 fully saturated rings. The van der Waals surface area contributed by atoms with Crippen LogP contribution in [0, 0.1) is 0 Å². The van der Waals surface area contributed by atoms with Crippen molar-refractivity contribution in [2.75, 3.05) is 4.90 Å². The van der Waals surface area contributed by atoms with E-state index in [1.807, 2.05) is 30.3 Å². The highest BCUT2D eigenvalue weighted by molar-refractivity contribution is 6.37. The third kappa shape index (κ3) is 2.88. The predicted octanol–water partition coefficient (Wildman–Crippen LogP) is 8.86. The van der Waals surface area contributed by atoms with Crippen molar-refractivity contribution in [3.8, 4) is 0 Å². The van der Waals surface area contributed by atoms with E-state index in [0.717, 1.165) is 44.2 Å². The molecule has 0 aliphatic rings. The van der Waals surface area contributed by atoms with E-state index in [9.17, 15) is 0 Å². The van der Waals surface area contributed by atoms with E-state index < -0.39 is 0 Å². The van der Waals surface area contributed by atoms with E-state index >= 15 is 0 Å². The van der Waals surface area contributed by atoms with Crippen LogP contribution >= 0.6 is 11.6 Å². The van der Waals surface area contributed by atoms with Gasteiger partial charge in [-0.25, -0.2) is 0 Å². The van der Waals surface area contributed by atoms with Crippen LogP contribution in [-0.2, 0) is 0 Å². The van der Waals surface area contributed by atoms with E-state index in [-0.39, 0.29) is 0 Å². The molecule has 1 aromatic heterocycles. The summed E-state index contributed by atoms with van der Waals surface area (Å²) in [7, 11) is 0. The van der Waals surface area contributed by atoms with Crippen LogP contribution in [0.15, 0.2) is 114 Å². The van der Waals surface area contributed by atoms with Crippen LogP contribution in [0.25, 0.3) is 32.7 Å². The molecule has 6 rings (SSSR count). The molecule has 0 amide bonds. The minimum absolute atomic E-state index is 0.611. The van der Waals surface area contributed by atoms with Crippen molar-refractivity contribution in [1.82, 2.24) is 0 Å². The second-order valence-corrected chi connectivity index (χ2v) is 7.95. The van der Waals surface area contributed by atoms with Gasteiger partial charge in [0.2, 0.25) is 0 Å². The molecule has 0 bridgehead atoms. The molecule has 3 heteroatoms. The van der Waals surface area contributed by atoms with Gasteiger partial charge in [-0.15, -0.1) is 0 Å². The van der Waals surface area contributed by atoms with Crippen LogP contribution in [0.1, 0.15) is 0 Å². The molecule has 0 radical (unpaired) electrons. The molecule has 0 unspecified atom stereocenters. The maximum atomic E-state index is 6.64. The Morgan fingerprint density at radius 1 is 0.548 bits per heavy atom. The van der Waals surface area contributed by atoms with E-state index in [2.05, 4.69) is 83.8 Å². The number of benzene rings is 5. The number of para-hydroxylation sites is 2. The molecular formula is C28H18ClNO. The van der Waals surface area contributed by atoms with Gasteiger partial charge in [0.15, 0.2) is 5.58 Å². The number of hydrogen-bond donors (Lipinski definition) is 0. The lowest BCUT2D eigenvalue weighted by Crippen LogP contribution is -2.10. The van der Waals surface area contributed by atoms with Gasteiger partial charge in [-0.2, -0.15) is 0 Å². The first-order valence-corrected chi connectivity index (χ1v) is 10.6. The van der Waals surface area contributed by atoms with E-state index in [1.54, 1.807) is 0 Å². The Balaban J connectivity index is 1.73. The molecule has 2 nitrogen and oxygen atoms in total. The van der Waals surface area contributed by atoms with Gasteiger partial charge in [-0.1, -0.05) is 78.3 Å². The number of fused-ring (bicyclic) bond motifs is 5. The number of hydrogen-bond acceptors (Lipinski definition) is 2. The summed E-state index contributed by atoms with van der Waals surface area (Å²) in [4.78, 5) is 2.25. The number of halogens is 1. The maximum absolute atomic E-state index is 6.64. The lowest BCUT2D eigenvalue weighted by molar-refractivity contribution is 0.673. The van der Waals surface area contributed by atoms with Crippen LogP contribution in [0.3, 0.4) is 0 Å². The molecule has 0 saturated carbocycles. The summed E-state index contributed by atoms with van der Waals surface area (Å²) < 4.78 is 6.40. The summed E-state index contributed by atoms with van der Waals surface area (Å²) in [5.41, 5.74) is 4.76. The zero-order valence-corrected chi connectivity index (χ0v) is 17.4. The molecule has 0 spiro atoms. The van der Waals surface area contributed by atoms with Crippen molar-refractivity contribution in [1.29, 1.82) is 0 Å². The lowest BCUT2D eigenvalue weighted by Gasteiger charge is -2.26. The SMILES string of the molecule is Clc1ccc(N(c2ccccc2)c2ccccc2)c2c1oc1c3ccccc3ccc12. The normalized spacial score (nSPS) is 11.4. The summed E-state index contributed by atoms with van der Waals surface area (Å²) >= 11 is 6.64. The Hall–Kier alpha value is -3.75. The highest BCUT2D eigenvalue weighted by Crippen LogP contribution is 2.45. The molecule has 5 aromatic carbocycles. The highest BCUT2D eigenvalue weighted by Gasteiger charge is 2.21. The Bertz CT molecular complexity index is 1500. The first-order chi connectivity index (χ1) is 15.3. The zero-order chi connectivity index (χ0) is 20.8. The smallest absolute Gasteiger partial charge is 0.156 e. The fourth-order valence-electron chi connectivity index (χ4n) is 4.33. The van der Waals surface area contributed by atoms with Gasteiger partial charge in [0.25, 0.3) is 0 Å². The monoisotopic (exact) mass is 419 g/mol. The third-order valence-electron chi connectivity index (χ3n) is 5.71. The molecule has 0 aliphatic carbocycles. The molecule has 0 aliphatic heterocycles. The van der Waals surface area contributed by atoms with Gasteiger partial charge in [0.1, 0.15) is 5.58 Å². The van der Waals surface area contributed by atoms with Crippen molar-refractivity contribution in [3.63, 3.8) is 0 Å². The van der Waals surface area contributed by atoms with Crippen molar-refractivity contribution >= 4 is 61.4 Å². The van der Waals surface area contributed by atoms with E-state index in [4.69, 9.17) is 16.0 Å². The summed E-state index contributed by atoms with van der Waals surface area (Å²) in [5, 5.41) is 4.92. The summed E-state index contributed by atoms with van der Waals surface area (Å²) in [6.45, 7) is 0. The van der Waals surface area contributed by atoms with Gasteiger partial charge >= 0.3 is 0 Å². The predicted molar refractivity (Wildman–Crippen MR) is 131 cm³/mol. The first-order valence-electron chi connectivity index (χ1n) is 10.2. The first kappa shape index (κ1) is 18.1. The van der Waals surface area contributed by atoms with Crippen molar-refractivity contribution < 1.29 is 4.42 Å². The molecular weight excluding hydrogens is 402 g/mol. The van der Waals surface area contributed by atoms with E-state index in [0.29, 0.717) is 10.6 Å². The van der Waals surface area contributed by atoms with Crippen LogP contribution in [-0.4, -0.2) is 0 Å². The Labute approximate surface area is 184 Å². The molecule has 148 valence electrons. The molecule has 0 N–H and O–H groups in total. The zero-order valence-electron chi connectivity index (χ0n) is 16.6. The summed E-state index contributed by atoms with van der Waals surface area (Å²) in [5.74, 6) is 0. The standard InChI is InChI=1S/C28H18ClNO/c29-24-17-18-25(30(20-10-3-1-4-11-20)21-12-5-2-6-13-21)26-23-16-15-19-9-7-8-14-22(19)27(23)31-28(24)26/h1-18H. The van der Waals surface area contributed by atoms with Gasteiger partial charge in [0.05, 0.1) is 16.1 Å². The quantitative estimate of drug-likeness (QED) is 0.284. The third-order valence-corrected chi connectivity index (χ3v) is 6.01. The van der Waals surface area contributed by atoms with Crippen LogP contribution in [0.4, 0.5) is 17.1 Å². The van der Waals surface area contributed by atoms with Gasteiger partial charge in [-0.05, 0) is 47.9 Å². The average molecular weight is 420 g/mol. The second kappa shape index (κ2) is 7.19. The van der Waals surface area contributed by atoms with Crippen LogP contribution in [0.2, 0.25) is 5.02 Å². The van der Waals surface area contributed by atoms with Crippen LogP contribution in [0.5, 0.6) is 0 Å². The van der Waals surface area contributed by atoms with Gasteiger partial charge < -0.3 is 9.32 Å². The Morgan fingerprint density at radius 2 is 1.19 bits per heavy atom. The van der Waals surface area contributed by atoms with Crippen molar-refractivity contribution in [2.24, 2.45) is 0 Å². The fraction of sp³-hybridized carbons (Fsp3) is 0. The number of anilines is 3. The minimum Gasteiger partial charge on any atom is -0.454 e. The molecule has 6 aromatic rings. The van der Waals surface area contributed by atoms with E-state index in [1.165, 1.54) is 0 Å². The summed E-state index contributed by atoms with van der Waals surface area (Å²) in [6, 6.07) is 37.3. The molecule has 1 heterocycles. The molecule has 0 saturated heterocycles. The number of furan rings is 1. The van der Waals surface area contributed by atoms with Crippen molar-refractivity contribution in [2.45, 2.75) is 0 Å². The van der Waals surface area contributed by atoms with Gasteiger partial charge in [-0.3, -0.25) is 0 Å². The fourth-order valence-corrected chi connectivity index (χ4v) is 4.52. The molecule has 0 atom stereocenters. The maximum Gasteiger partial charge on any atom is 0.156 e. The minimum atomic E-state index is 0.611. The average Bonchev–Trinajstić information content (AvgIpc) is 3.23. The Kier molecular flexibility index (Phi) is 4.19. The number of nitrogens with zero attached hydrogens (tertiary/aromatic N) is 1. The highest BCUT2D eigenvalue weighted by atomic mass is 35.5. The van der Waals surface area contributed by atoms with Gasteiger partial charge in [0, 0.05) is 22.1 Å².